The molecule has 2 aliphatic carbocycles. The molecule has 2 fully saturated rings. The zero-order valence-corrected chi connectivity index (χ0v) is 12.8. The first-order chi connectivity index (χ1) is 10.7. The van der Waals surface area contributed by atoms with Crippen LogP contribution in [-0.4, -0.2) is 17.1 Å². The van der Waals surface area contributed by atoms with E-state index in [2.05, 4.69) is 10.5 Å². The number of halogens is 1. The minimum absolute atomic E-state index is 0.138. The highest BCUT2D eigenvalue weighted by molar-refractivity contribution is 6.30. The average Bonchev–Trinajstić information content (AvgIpc) is 3.43. The predicted molar refractivity (Wildman–Crippen MR) is 83.7 cm³/mol. The summed E-state index contributed by atoms with van der Waals surface area (Å²) in [6.45, 7) is 0. The van der Waals surface area contributed by atoms with Crippen LogP contribution >= 0.6 is 11.6 Å². The Bertz CT molecular complexity index is 692. The SMILES string of the molecule is O=C(NC(C1CC1)C1CC1)c1cc(-c2cccc(Cl)c2)on1. The van der Waals surface area contributed by atoms with Crippen molar-refractivity contribution in [3.05, 3.63) is 41.0 Å². The van der Waals surface area contributed by atoms with Gasteiger partial charge in [0, 0.05) is 22.7 Å². The number of amides is 1. The molecule has 0 spiro atoms. The highest BCUT2D eigenvalue weighted by atomic mass is 35.5. The molecule has 2 saturated carbocycles. The van der Waals surface area contributed by atoms with Crippen LogP contribution in [0.5, 0.6) is 0 Å². The number of benzene rings is 1. The van der Waals surface area contributed by atoms with E-state index in [-0.39, 0.29) is 5.91 Å². The number of carbonyl (C=O) groups is 1. The molecule has 1 aromatic carbocycles. The predicted octanol–water partition coefficient (Wildman–Crippen LogP) is 3.91. The molecule has 22 heavy (non-hydrogen) atoms. The van der Waals surface area contributed by atoms with E-state index < -0.39 is 0 Å². The number of rotatable bonds is 5. The van der Waals surface area contributed by atoms with Gasteiger partial charge >= 0.3 is 0 Å². The van der Waals surface area contributed by atoms with E-state index in [1.54, 1.807) is 18.2 Å². The first kappa shape index (κ1) is 13.8. The minimum atomic E-state index is -0.138. The lowest BCUT2D eigenvalue weighted by Crippen LogP contribution is -2.38. The fourth-order valence-electron chi connectivity index (χ4n) is 2.92. The first-order valence-corrected chi connectivity index (χ1v) is 8.12. The van der Waals surface area contributed by atoms with Crippen molar-refractivity contribution in [3.8, 4) is 11.3 Å². The lowest BCUT2D eigenvalue weighted by Gasteiger charge is -2.16. The van der Waals surface area contributed by atoms with Gasteiger partial charge in [0.15, 0.2) is 11.5 Å². The lowest BCUT2D eigenvalue weighted by atomic mass is 10.1. The molecule has 5 heteroatoms. The second kappa shape index (κ2) is 5.43. The van der Waals surface area contributed by atoms with Gasteiger partial charge in [-0.1, -0.05) is 28.9 Å². The first-order valence-electron chi connectivity index (χ1n) is 7.74. The van der Waals surface area contributed by atoms with Gasteiger partial charge in [-0.3, -0.25) is 4.79 Å². The van der Waals surface area contributed by atoms with Crippen molar-refractivity contribution in [3.63, 3.8) is 0 Å². The van der Waals surface area contributed by atoms with Gasteiger partial charge in [-0.05, 0) is 49.7 Å². The summed E-state index contributed by atoms with van der Waals surface area (Å²) >= 11 is 5.98. The molecular formula is C17H17ClN2O2. The van der Waals surface area contributed by atoms with Crippen LogP contribution in [0, 0.1) is 11.8 Å². The van der Waals surface area contributed by atoms with Crippen LogP contribution in [0.15, 0.2) is 34.9 Å². The van der Waals surface area contributed by atoms with Gasteiger partial charge in [0.2, 0.25) is 0 Å². The third-order valence-corrected chi connectivity index (χ3v) is 4.64. The minimum Gasteiger partial charge on any atom is -0.355 e. The molecule has 0 aliphatic heterocycles. The topological polar surface area (TPSA) is 55.1 Å². The smallest absolute Gasteiger partial charge is 0.273 e. The number of nitrogens with one attached hydrogen (secondary N) is 1. The zero-order valence-electron chi connectivity index (χ0n) is 12.1. The summed E-state index contributed by atoms with van der Waals surface area (Å²) in [5.41, 5.74) is 1.15. The van der Waals surface area contributed by atoms with E-state index in [4.69, 9.17) is 16.1 Å². The molecule has 1 N–H and O–H groups in total. The Morgan fingerprint density at radius 1 is 1.23 bits per heavy atom. The fraction of sp³-hybridized carbons (Fsp3) is 0.412. The normalized spacial score (nSPS) is 17.7. The molecule has 2 aromatic rings. The van der Waals surface area contributed by atoms with Gasteiger partial charge in [-0.15, -0.1) is 0 Å². The molecule has 0 saturated heterocycles. The zero-order chi connectivity index (χ0) is 15.1. The third-order valence-electron chi connectivity index (χ3n) is 4.41. The Balaban J connectivity index is 1.49. The summed E-state index contributed by atoms with van der Waals surface area (Å²) < 4.78 is 5.29. The van der Waals surface area contributed by atoms with Crippen molar-refractivity contribution < 1.29 is 9.32 Å². The summed E-state index contributed by atoms with van der Waals surface area (Å²) in [6.07, 6.45) is 4.92. The second-order valence-corrected chi connectivity index (χ2v) is 6.70. The standard InChI is InChI=1S/C17H17ClN2O2/c18-13-3-1-2-12(8-13)15-9-14(20-22-15)17(21)19-16(10-4-5-10)11-6-7-11/h1-3,8-11,16H,4-7H2,(H,19,21). The van der Waals surface area contributed by atoms with Crippen molar-refractivity contribution in [2.75, 3.05) is 0 Å². The van der Waals surface area contributed by atoms with Crippen molar-refractivity contribution in [2.24, 2.45) is 11.8 Å². The molecule has 1 aromatic heterocycles. The summed E-state index contributed by atoms with van der Waals surface area (Å²) in [7, 11) is 0. The van der Waals surface area contributed by atoms with Crippen LogP contribution in [0.4, 0.5) is 0 Å². The highest BCUT2D eigenvalue weighted by Gasteiger charge is 2.42. The fourth-order valence-corrected chi connectivity index (χ4v) is 3.11. The molecular weight excluding hydrogens is 300 g/mol. The average molecular weight is 317 g/mol. The summed E-state index contributed by atoms with van der Waals surface area (Å²) in [5.74, 6) is 1.74. The molecule has 1 heterocycles. The van der Waals surface area contributed by atoms with Crippen LogP contribution in [0.3, 0.4) is 0 Å². The van der Waals surface area contributed by atoms with E-state index in [1.807, 2.05) is 12.1 Å². The van der Waals surface area contributed by atoms with E-state index in [0.29, 0.717) is 34.4 Å². The largest absolute Gasteiger partial charge is 0.355 e. The molecule has 2 aliphatic rings. The molecule has 4 nitrogen and oxygen atoms in total. The quantitative estimate of drug-likeness (QED) is 0.909. The van der Waals surface area contributed by atoms with Gasteiger partial charge in [0.05, 0.1) is 0 Å². The number of aromatic nitrogens is 1. The molecule has 0 bridgehead atoms. The Kier molecular flexibility index (Phi) is 3.41. The Morgan fingerprint density at radius 3 is 2.59 bits per heavy atom. The van der Waals surface area contributed by atoms with Crippen molar-refractivity contribution in [1.82, 2.24) is 10.5 Å². The van der Waals surface area contributed by atoms with Crippen LogP contribution in [0.1, 0.15) is 36.2 Å². The van der Waals surface area contributed by atoms with Gasteiger partial charge in [-0.2, -0.15) is 0 Å². The van der Waals surface area contributed by atoms with E-state index in [1.165, 1.54) is 25.7 Å². The van der Waals surface area contributed by atoms with Crippen molar-refractivity contribution in [2.45, 2.75) is 31.7 Å². The summed E-state index contributed by atoms with van der Waals surface area (Å²) in [5, 5.41) is 7.68. The van der Waals surface area contributed by atoms with Crippen LogP contribution in [0.2, 0.25) is 5.02 Å². The number of hydrogen-bond acceptors (Lipinski definition) is 3. The van der Waals surface area contributed by atoms with Crippen molar-refractivity contribution in [1.29, 1.82) is 0 Å². The molecule has 114 valence electrons. The molecule has 1 amide bonds. The van der Waals surface area contributed by atoms with E-state index in [0.717, 1.165) is 5.56 Å². The molecule has 0 radical (unpaired) electrons. The van der Waals surface area contributed by atoms with E-state index in [9.17, 15) is 4.79 Å². The number of hydrogen-bond donors (Lipinski definition) is 1. The van der Waals surface area contributed by atoms with Crippen LogP contribution in [0.25, 0.3) is 11.3 Å². The monoisotopic (exact) mass is 316 g/mol. The molecule has 4 rings (SSSR count). The maximum absolute atomic E-state index is 12.4. The van der Waals surface area contributed by atoms with Crippen molar-refractivity contribution >= 4 is 17.5 Å². The maximum Gasteiger partial charge on any atom is 0.273 e. The summed E-state index contributed by atoms with van der Waals surface area (Å²) in [6, 6.07) is 9.31. The van der Waals surface area contributed by atoms with Gasteiger partial charge in [-0.25, -0.2) is 0 Å². The molecule has 0 unspecified atom stereocenters. The van der Waals surface area contributed by atoms with Gasteiger partial charge in [0.1, 0.15) is 0 Å². The Hall–Kier alpha value is -1.81. The second-order valence-electron chi connectivity index (χ2n) is 6.26. The van der Waals surface area contributed by atoms with Gasteiger partial charge in [0.25, 0.3) is 5.91 Å². The Labute approximate surface area is 133 Å². The van der Waals surface area contributed by atoms with Crippen LogP contribution in [-0.2, 0) is 0 Å². The highest BCUT2D eigenvalue weighted by Crippen LogP contribution is 2.44. The maximum atomic E-state index is 12.4. The molecule has 0 atom stereocenters. The van der Waals surface area contributed by atoms with Crippen LogP contribution < -0.4 is 5.32 Å². The lowest BCUT2D eigenvalue weighted by molar-refractivity contribution is 0.0917. The van der Waals surface area contributed by atoms with E-state index >= 15 is 0 Å². The third kappa shape index (κ3) is 2.88. The van der Waals surface area contributed by atoms with Gasteiger partial charge < -0.3 is 9.84 Å². The number of nitrogens with zero attached hydrogens (tertiary/aromatic N) is 1. The Morgan fingerprint density at radius 2 is 1.95 bits per heavy atom. The summed E-state index contributed by atoms with van der Waals surface area (Å²) in [4.78, 5) is 12.4. The number of carbonyl (C=O) groups excluding carboxylic acids is 1.